The molecule has 0 bridgehead atoms. The fraction of sp³-hybridized carbons (Fsp3) is 0.571. The molecule has 2 rings (SSSR count). The second kappa shape index (κ2) is 6.02. The average Bonchev–Trinajstić information content (AvgIpc) is 2.84. The van der Waals surface area contributed by atoms with Crippen LogP contribution >= 0.6 is 0 Å². The third kappa shape index (κ3) is 3.04. The fourth-order valence-electron chi connectivity index (χ4n) is 2.33. The zero-order chi connectivity index (χ0) is 13.8. The van der Waals surface area contributed by atoms with Gasteiger partial charge in [-0.05, 0) is 32.4 Å². The molecule has 0 amide bonds. The van der Waals surface area contributed by atoms with Crippen molar-refractivity contribution in [2.45, 2.75) is 32.4 Å². The Balaban J connectivity index is 2.07. The first-order valence-corrected chi connectivity index (χ1v) is 6.61. The molecule has 5 heteroatoms. The van der Waals surface area contributed by atoms with Gasteiger partial charge in [0.1, 0.15) is 5.82 Å². The second-order valence-corrected chi connectivity index (χ2v) is 4.67. The molecular formula is C14H20N2O3. The lowest BCUT2D eigenvalue weighted by molar-refractivity contribution is 0.0526. The third-order valence-electron chi connectivity index (χ3n) is 3.45. The Hall–Kier alpha value is -1.62. The number of pyridine rings is 1. The number of nitrogens with zero attached hydrogens (tertiary/aromatic N) is 2. The van der Waals surface area contributed by atoms with Gasteiger partial charge in [0.15, 0.2) is 0 Å². The maximum absolute atomic E-state index is 11.5. The summed E-state index contributed by atoms with van der Waals surface area (Å²) in [4.78, 5) is 18.0. The number of esters is 1. The van der Waals surface area contributed by atoms with Crippen LogP contribution in [0.3, 0.4) is 0 Å². The molecule has 1 aromatic rings. The minimum atomic E-state index is -0.332. The molecule has 2 heterocycles. The van der Waals surface area contributed by atoms with Crippen molar-refractivity contribution in [3.8, 4) is 0 Å². The Morgan fingerprint density at radius 2 is 2.37 bits per heavy atom. The van der Waals surface area contributed by atoms with Crippen LogP contribution in [-0.4, -0.2) is 43.4 Å². The summed E-state index contributed by atoms with van der Waals surface area (Å²) in [6.45, 7) is 5.02. The number of ether oxygens (including phenoxy) is 2. The predicted octanol–water partition coefficient (Wildman–Crippen LogP) is 1.87. The van der Waals surface area contributed by atoms with Gasteiger partial charge in [0.2, 0.25) is 0 Å². The molecule has 0 radical (unpaired) electrons. The highest BCUT2D eigenvalue weighted by Gasteiger charge is 2.28. The highest BCUT2D eigenvalue weighted by atomic mass is 16.5. The number of carbonyl (C=O) groups excluding carboxylic acids is 1. The molecule has 0 saturated carbocycles. The minimum Gasteiger partial charge on any atom is -0.462 e. The van der Waals surface area contributed by atoms with E-state index in [-0.39, 0.29) is 12.1 Å². The number of hydrogen-bond acceptors (Lipinski definition) is 5. The first-order valence-electron chi connectivity index (χ1n) is 6.61. The van der Waals surface area contributed by atoms with Gasteiger partial charge in [-0.1, -0.05) is 0 Å². The minimum absolute atomic E-state index is 0.205. The molecule has 2 unspecified atom stereocenters. The monoisotopic (exact) mass is 264 g/mol. The molecule has 1 fully saturated rings. The molecule has 1 aromatic heterocycles. The summed E-state index contributed by atoms with van der Waals surface area (Å²) in [6, 6.07) is 3.93. The van der Waals surface area contributed by atoms with E-state index in [1.165, 1.54) is 0 Å². The van der Waals surface area contributed by atoms with Crippen LogP contribution < -0.4 is 4.90 Å². The number of carbonyl (C=O) groups is 1. The maximum atomic E-state index is 11.5. The topological polar surface area (TPSA) is 51.7 Å². The maximum Gasteiger partial charge on any atom is 0.339 e. The zero-order valence-corrected chi connectivity index (χ0v) is 11.6. The van der Waals surface area contributed by atoms with Crippen molar-refractivity contribution < 1.29 is 14.3 Å². The molecule has 0 spiro atoms. The summed E-state index contributed by atoms with van der Waals surface area (Å²) in [7, 11) is 2.00. The van der Waals surface area contributed by atoms with Crippen molar-refractivity contribution in [3.05, 3.63) is 23.9 Å². The van der Waals surface area contributed by atoms with Crippen LogP contribution in [0, 0.1) is 0 Å². The van der Waals surface area contributed by atoms with Gasteiger partial charge >= 0.3 is 5.97 Å². The lowest BCUT2D eigenvalue weighted by Crippen LogP contribution is -2.37. The van der Waals surface area contributed by atoms with Gasteiger partial charge in [0.25, 0.3) is 0 Å². The van der Waals surface area contributed by atoms with Crippen LogP contribution in [0.5, 0.6) is 0 Å². The van der Waals surface area contributed by atoms with Gasteiger partial charge in [-0.3, -0.25) is 0 Å². The fourth-order valence-corrected chi connectivity index (χ4v) is 2.33. The SMILES string of the molecule is CCOC(=O)c1ccc(N(C)C2CCOC2C)nc1. The van der Waals surface area contributed by atoms with Gasteiger partial charge in [-0.2, -0.15) is 0 Å². The zero-order valence-electron chi connectivity index (χ0n) is 11.6. The molecular weight excluding hydrogens is 244 g/mol. The summed E-state index contributed by atoms with van der Waals surface area (Å²) >= 11 is 0. The Morgan fingerprint density at radius 3 is 2.89 bits per heavy atom. The number of likely N-dealkylation sites (N-methyl/N-ethyl adjacent to an activating group) is 1. The molecule has 19 heavy (non-hydrogen) atoms. The summed E-state index contributed by atoms with van der Waals surface area (Å²) in [6.07, 6.45) is 2.76. The van der Waals surface area contributed by atoms with E-state index in [4.69, 9.17) is 9.47 Å². The van der Waals surface area contributed by atoms with Gasteiger partial charge in [-0.25, -0.2) is 9.78 Å². The number of hydrogen-bond donors (Lipinski definition) is 0. The van der Waals surface area contributed by atoms with Crippen LogP contribution in [0.2, 0.25) is 0 Å². The molecule has 1 aliphatic rings. The lowest BCUT2D eigenvalue weighted by atomic mass is 10.1. The van der Waals surface area contributed by atoms with E-state index in [0.717, 1.165) is 18.8 Å². The summed E-state index contributed by atoms with van der Waals surface area (Å²) in [5, 5.41) is 0. The van der Waals surface area contributed by atoms with Crippen LogP contribution in [0.4, 0.5) is 5.82 Å². The quantitative estimate of drug-likeness (QED) is 0.777. The van der Waals surface area contributed by atoms with Crippen LogP contribution in [0.1, 0.15) is 30.6 Å². The number of aromatic nitrogens is 1. The lowest BCUT2D eigenvalue weighted by Gasteiger charge is -2.27. The smallest absolute Gasteiger partial charge is 0.339 e. The summed E-state index contributed by atoms with van der Waals surface area (Å²) < 4.78 is 10.5. The van der Waals surface area contributed by atoms with Crippen molar-refractivity contribution in [1.29, 1.82) is 0 Å². The Kier molecular flexibility index (Phi) is 4.37. The van der Waals surface area contributed by atoms with Crippen LogP contribution in [0.25, 0.3) is 0 Å². The highest BCUT2D eigenvalue weighted by molar-refractivity contribution is 5.89. The molecule has 104 valence electrons. The Labute approximate surface area is 113 Å². The van der Waals surface area contributed by atoms with Crippen LogP contribution in [-0.2, 0) is 9.47 Å². The number of rotatable bonds is 4. The standard InChI is InChI=1S/C14H20N2O3/c1-4-18-14(17)11-5-6-13(15-9-11)16(3)12-7-8-19-10(12)2/h5-6,9-10,12H,4,7-8H2,1-3H3. The molecule has 1 aliphatic heterocycles. The van der Waals surface area contributed by atoms with E-state index in [9.17, 15) is 4.79 Å². The second-order valence-electron chi connectivity index (χ2n) is 4.67. The first-order chi connectivity index (χ1) is 9.13. The third-order valence-corrected chi connectivity index (χ3v) is 3.45. The van der Waals surface area contributed by atoms with Crippen molar-refractivity contribution in [3.63, 3.8) is 0 Å². The molecule has 0 aromatic carbocycles. The van der Waals surface area contributed by atoms with Gasteiger partial charge < -0.3 is 14.4 Å². The molecule has 1 saturated heterocycles. The Morgan fingerprint density at radius 1 is 1.58 bits per heavy atom. The van der Waals surface area contributed by atoms with E-state index in [1.807, 2.05) is 13.1 Å². The molecule has 0 aliphatic carbocycles. The van der Waals surface area contributed by atoms with Gasteiger partial charge in [0, 0.05) is 19.9 Å². The average molecular weight is 264 g/mol. The van der Waals surface area contributed by atoms with Crippen LogP contribution in [0.15, 0.2) is 18.3 Å². The summed E-state index contributed by atoms with van der Waals surface area (Å²) in [5.74, 6) is 0.511. The molecule has 5 nitrogen and oxygen atoms in total. The molecule has 0 N–H and O–H groups in total. The van der Waals surface area contributed by atoms with E-state index >= 15 is 0 Å². The first kappa shape index (κ1) is 13.8. The molecule has 2 atom stereocenters. The summed E-state index contributed by atoms with van der Waals surface area (Å²) in [5.41, 5.74) is 0.481. The highest BCUT2D eigenvalue weighted by Crippen LogP contribution is 2.22. The van der Waals surface area contributed by atoms with Crippen molar-refractivity contribution in [2.75, 3.05) is 25.2 Å². The van der Waals surface area contributed by atoms with E-state index in [1.54, 1.807) is 19.2 Å². The largest absolute Gasteiger partial charge is 0.462 e. The Bertz CT molecular complexity index is 433. The number of anilines is 1. The van der Waals surface area contributed by atoms with E-state index < -0.39 is 0 Å². The van der Waals surface area contributed by atoms with Crippen molar-refractivity contribution in [1.82, 2.24) is 4.98 Å². The normalized spacial score (nSPS) is 22.3. The van der Waals surface area contributed by atoms with Gasteiger partial charge in [0.05, 0.1) is 24.3 Å². The van der Waals surface area contributed by atoms with Gasteiger partial charge in [-0.15, -0.1) is 0 Å². The predicted molar refractivity (Wildman–Crippen MR) is 72.4 cm³/mol. The van der Waals surface area contributed by atoms with Crippen molar-refractivity contribution >= 4 is 11.8 Å². The van der Waals surface area contributed by atoms with Crippen molar-refractivity contribution in [2.24, 2.45) is 0 Å². The van der Waals surface area contributed by atoms with E-state index in [2.05, 4.69) is 16.8 Å². The van der Waals surface area contributed by atoms with E-state index in [0.29, 0.717) is 18.2 Å².